The Morgan fingerprint density at radius 2 is 1.42 bits per heavy atom. The van der Waals surface area contributed by atoms with Crippen molar-refractivity contribution in [1.29, 1.82) is 0 Å². The molecule has 3 aromatic carbocycles. The van der Waals surface area contributed by atoms with E-state index in [9.17, 15) is 4.79 Å². The van der Waals surface area contributed by atoms with Crippen LogP contribution in [0.1, 0.15) is 21.5 Å². The summed E-state index contributed by atoms with van der Waals surface area (Å²) < 4.78 is 5.17. The van der Waals surface area contributed by atoms with Gasteiger partial charge in [-0.15, -0.1) is 0 Å². The molecule has 0 unspecified atom stereocenters. The van der Waals surface area contributed by atoms with E-state index in [2.05, 4.69) is 0 Å². The lowest BCUT2D eigenvalue weighted by atomic mass is 10.1. The normalized spacial score (nSPS) is 10.4. The lowest BCUT2D eigenvalue weighted by molar-refractivity contribution is 0.0730. The molecule has 0 saturated carbocycles. The fraction of sp³-hybridized carbons (Fsp3) is 0.136. The molecule has 3 nitrogen and oxygen atoms in total. The van der Waals surface area contributed by atoms with Gasteiger partial charge in [0.25, 0.3) is 5.91 Å². The fourth-order valence-electron chi connectivity index (χ4n) is 2.79. The molecular weight excluding hydrogens is 346 g/mol. The maximum Gasteiger partial charge on any atom is 0.254 e. The van der Waals surface area contributed by atoms with Crippen LogP contribution in [-0.2, 0) is 13.1 Å². The van der Waals surface area contributed by atoms with Crippen LogP contribution in [0.4, 0.5) is 0 Å². The highest BCUT2D eigenvalue weighted by atomic mass is 35.5. The minimum Gasteiger partial charge on any atom is -0.495 e. The molecule has 0 aromatic heterocycles. The first-order valence-corrected chi connectivity index (χ1v) is 8.76. The van der Waals surface area contributed by atoms with Crippen LogP contribution in [0.25, 0.3) is 0 Å². The van der Waals surface area contributed by atoms with E-state index in [1.54, 1.807) is 25.3 Å². The number of rotatable bonds is 6. The molecule has 0 spiro atoms. The molecule has 0 aliphatic rings. The predicted molar refractivity (Wildman–Crippen MR) is 104 cm³/mol. The maximum absolute atomic E-state index is 13.1. The van der Waals surface area contributed by atoms with Gasteiger partial charge in [0.2, 0.25) is 0 Å². The molecule has 1 amide bonds. The van der Waals surface area contributed by atoms with E-state index < -0.39 is 0 Å². The highest BCUT2D eigenvalue weighted by Crippen LogP contribution is 2.26. The van der Waals surface area contributed by atoms with Crippen molar-refractivity contribution in [1.82, 2.24) is 4.90 Å². The first-order valence-electron chi connectivity index (χ1n) is 8.38. The summed E-state index contributed by atoms with van der Waals surface area (Å²) in [6, 6.07) is 25.1. The number of hydrogen-bond donors (Lipinski definition) is 0. The molecule has 3 rings (SSSR count). The zero-order valence-electron chi connectivity index (χ0n) is 14.6. The molecule has 0 fully saturated rings. The largest absolute Gasteiger partial charge is 0.495 e. The van der Waals surface area contributed by atoms with Gasteiger partial charge in [0.1, 0.15) is 5.75 Å². The van der Waals surface area contributed by atoms with Gasteiger partial charge in [0.05, 0.1) is 12.1 Å². The number of nitrogens with zero attached hydrogens (tertiary/aromatic N) is 1. The summed E-state index contributed by atoms with van der Waals surface area (Å²) in [5.74, 6) is 0.489. The Kier molecular flexibility index (Phi) is 5.92. The zero-order chi connectivity index (χ0) is 18.4. The fourth-order valence-corrected chi connectivity index (χ4v) is 3.05. The first-order chi connectivity index (χ1) is 12.7. The van der Waals surface area contributed by atoms with Gasteiger partial charge in [-0.2, -0.15) is 0 Å². The summed E-state index contributed by atoms with van der Waals surface area (Å²) in [5, 5.41) is 0.428. The molecule has 0 N–H and O–H groups in total. The Bertz CT molecular complexity index is 824. The van der Waals surface area contributed by atoms with Crippen molar-refractivity contribution in [3.05, 3.63) is 101 Å². The van der Waals surface area contributed by atoms with E-state index in [0.717, 1.165) is 11.1 Å². The van der Waals surface area contributed by atoms with E-state index in [-0.39, 0.29) is 5.91 Å². The molecule has 0 radical (unpaired) electrons. The Morgan fingerprint density at radius 1 is 0.885 bits per heavy atom. The average Bonchev–Trinajstić information content (AvgIpc) is 2.68. The topological polar surface area (TPSA) is 29.5 Å². The quantitative estimate of drug-likeness (QED) is 0.601. The average molecular weight is 366 g/mol. The van der Waals surface area contributed by atoms with Crippen molar-refractivity contribution in [2.45, 2.75) is 13.1 Å². The van der Waals surface area contributed by atoms with Gasteiger partial charge in [-0.25, -0.2) is 0 Å². The zero-order valence-corrected chi connectivity index (χ0v) is 15.3. The number of hydrogen-bond acceptors (Lipinski definition) is 2. The number of halogens is 1. The van der Waals surface area contributed by atoms with Crippen LogP contribution < -0.4 is 4.74 Å². The van der Waals surface area contributed by atoms with E-state index in [1.165, 1.54) is 0 Å². The maximum atomic E-state index is 13.1. The monoisotopic (exact) mass is 365 g/mol. The predicted octanol–water partition coefficient (Wildman–Crippen LogP) is 5.19. The second-order valence-electron chi connectivity index (χ2n) is 5.98. The number of carbonyl (C=O) groups excluding carboxylic acids is 1. The van der Waals surface area contributed by atoms with Gasteiger partial charge < -0.3 is 9.64 Å². The number of ether oxygens (including phenoxy) is 1. The molecule has 4 heteroatoms. The molecule has 0 atom stereocenters. The third kappa shape index (κ3) is 4.44. The SMILES string of the molecule is COc1ccc(C(=O)N(Cc2ccccc2)Cc2ccccc2)cc1Cl. The third-order valence-corrected chi connectivity index (χ3v) is 4.41. The van der Waals surface area contributed by atoms with Gasteiger partial charge in [-0.05, 0) is 29.3 Å². The molecule has 0 bridgehead atoms. The van der Waals surface area contributed by atoms with E-state index in [4.69, 9.17) is 16.3 Å². The van der Waals surface area contributed by atoms with Crippen molar-refractivity contribution < 1.29 is 9.53 Å². The molecule has 0 saturated heterocycles. The summed E-state index contributed by atoms with van der Waals surface area (Å²) in [5.41, 5.74) is 2.70. The van der Waals surface area contributed by atoms with Crippen molar-refractivity contribution in [3.63, 3.8) is 0 Å². The molecule has 26 heavy (non-hydrogen) atoms. The van der Waals surface area contributed by atoms with E-state index in [1.807, 2.05) is 65.6 Å². The van der Waals surface area contributed by atoms with Crippen molar-refractivity contribution >= 4 is 17.5 Å². The lowest BCUT2D eigenvalue weighted by Crippen LogP contribution is -2.30. The molecular formula is C22H20ClNO2. The van der Waals surface area contributed by atoms with Crippen molar-refractivity contribution in [2.24, 2.45) is 0 Å². The number of amides is 1. The second kappa shape index (κ2) is 8.54. The minimum absolute atomic E-state index is 0.0674. The van der Waals surface area contributed by atoms with Gasteiger partial charge in [0, 0.05) is 18.7 Å². The lowest BCUT2D eigenvalue weighted by Gasteiger charge is -2.23. The minimum atomic E-state index is -0.0674. The number of benzene rings is 3. The summed E-state index contributed by atoms with van der Waals surface area (Å²) in [6.07, 6.45) is 0. The highest BCUT2D eigenvalue weighted by Gasteiger charge is 2.18. The second-order valence-corrected chi connectivity index (χ2v) is 6.39. The van der Waals surface area contributed by atoms with Crippen LogP contribution in [0, 0.1) is 0 Å². The van der Waals surface area contributed by atoms with Crippen LogP contribution in [0.2, 0.25) is 5.02 Å². The molecule has 3 aromatic rings. The summed E-state index contributed by atoms with van der Waals surface area (Å²) in [7, 11) is 1.56. The van der Waals surface area contributed by atoms with Gasteiger partial charge in [-0.3, -0.25) is 4.79 Å². The Hall–Kier alpha value is -2.78. The summed E-state index contributed by atoms with van der Waals surface area (Å²) in [6.45, 7) is 1.05. The van der Waals surface area contributed by atoms with Gasteiger partial charge in [0.15, 0.2) is 0 Å². The van der Waals surface area contributed by atoms with Crippen LogP contribution in [0.5, 0.6) is 5.75 Å². The molecule has 0 aliphatic heterocycles. The Morgan fingerprint density at radius 3 is 1.88 bits per heavy atom. The van der Waals surface area contributed by atoms with Crippen LogP contribution >= 0.6 is 11.6 Å². The van der Waals surface area contributed by atoms with Crippen LogP contribution in [-0.4, -0.2) is 17.9 Å². The van der Waals surface area contributed by atoms with E-state index in [0.29, 0.717) is 29.4 Å². The number of carbonyl (C=O) groups is 1. The van der Waals surface area contributed by atoms with Crippen molar-refractivity contribution in [3.8, 4) is 5.75 Å². The van der Waals surface area contributed by atoms with Gasteiger partial charge >= 0.3 is 0 Å². The van der Waals surface area contributed by atoms with Crippen molar-refractivity contribution in [2.75, 3.05) is 7.11 Å². The summed E-state index contributed by atoms with van der Waals surface area (Å²) in [4.78, 5) is 15.0. The van der Waals surface area contributed by atoms with Gasteiger partial charge in [-0.1, -0.05) is 72.3 Å². The smallest absolute Gasteiger partial charge is 0.254 e. The molecule has 0 aliphatic carbocycles. The van der Waals surface area contributed by atoms with E-state index >= 15 is 0 Å². The third-order valence-electron chi connectivity index (χ3n) is 4.12. The Balaban J connectivity index is 1.88. The van der Waals surface area contributed by atoms with Crippen LogP contribution in [0.3, 0.4) is 0 Å². The standard InChI is InChI=1S/C22H20ClNO2/c1-26-21-13-12-19(14-20(21)23)22(25)24(15-17-8-4-2-5-9-17)16-18-10-6-3-7-11-18/h2-14H,15-16H2,1H3. The first kappa shape index (κ1) is 18.0. The molecule has 132 valence electrons. The highest BCUT2D eigenvalue weighted by molar-refractivity contribution is 6.32. The van der Waals surface area contributed by atoms with Crippen LogP contribution in [0.15, 0.2) is 78.9 Å². The summed E-state index contributed by atoms with van der Waals surface area (Å²) >= 11 is 6.20. The Labute approximate surface area is 158 Å². The number of methoxy groups -OCH3 is 1. The molecule has 0 heterocycles.